The monoisotopic (exact) mass is 717 g/mol. The van der Waals surface area contributed by atoms with Gasteiger partial charge in [0.2, 0.25) is 0 Å². The number of para-hydroxylation sites is 4. The van der Waals surface area contributed by atoms with Crippen molar-refractivity contribution in [3.63, 3.8) is 0 Å². The van der Waals surface area contributed by atoms with Gasteiger partial charge in [0.05, 0.1) is 33.1 Å². The lowest BCUT2D eigenvalue weighted by Gasteiger charge is -2.15. The summed E-state index contributed by atoms with van der Waals surface area (Å²) >= 11 is 0. The van der Waals surface area contributed by atoms with Gasteiger partial charge in [-0.15, -0.1) is 0 Å². The van der Waals surface area contributed by atoms with Gasteiger partial charge in [0, 0.05) is 73.0 Å². The lowest BCUT2D eigenvalue weighted by atomic mass is 10.1. The van der Waals surface area contributed by atoms with Crippen LogP contribution < -0.4 is 0 Å². The van der Waals surface area contributed by atoms with Crippen molar-refractivity contribution >= 4 is 65.4 Å². The lowest BCUT2D eigenvalue weighted by molar-refractivity contribution is 1.05. The first-order valence-corrected chi connectivity index (χ1v) is 18.8. The van der Waals surface area contributed by atoms with Crippen molar-refractivity contribution in [3.05, 3.63) is 189 Å². The number of benzene rings is 7. The van der Waals surface area contributed by atoms with Crippen LogP contribution in [0.1, 0.15) is 0 Å². The summed E-state index contributed by atoms with van der Waals surface area (Å²) in [6.45, 7) is 0. The van der Waals surface area contributed by atoms with Gasteiger partial charge in [-0.05, 0) is 78.9 Å². The maximum absolute atomic E-state index is 4.65. The summed E-state index contributed by atoms with van der Waals surface area (Å²) in [6, 6.07) is 58.8. The molecule has 0 unspecified atom stereocenters. The van der Waals surface area contributed by atoms with E-state index in [1.807, 2.05) is 0 Å². The first kappa shape index (κ1) is 30.7. The summed E-state index contributed by atoms with van der Waals surface area (Å²) in [5.74, 6) is 0.616. The van der Waals surface area contributed by atoms with E-state index in [0.717, 1.165) is 50.4 Å². The van der Waals surface area contributed by atoms with Gasteiger partial charge in [0.25, 0.3) is 0 Å². The average Bonchev–Trinajstić information content (AvgIpc) is 4.05. The van der Waals surface area contributed by atoms with Gasteiger partial charge in [-0.25, -0.2) is 15.0 Å². The van der Waals surface area contributed by atoms with Crippen LogP contribution in [0.5, 0.6) is 0 Å². The molecule has 0 fully saturated rings. The fraction of sp³-hybridized carbons (Fsp3) is 0. The Morgan fingerprint density at radius 3 is 1.34 bits per heavy atom. The summed E-state index contributed by atoms with van der Waals surface area (Å²) in [7, 11) is 0. The Kier molecular flexibility index (Phi) is 6.50. The minimum absolute atomic E-state index is 0.616. The second-order valence-electron chi connectivity index (χ2n) is 14.2. The minimum Gasteiger partial charge on any atom is -0.316 e. The molecular formula is C49H31N7. The maximum Gasteiger partial charge on any atom is 0.162 e. The summed E-state index contributed by atoms with van der Waals surface area (Å²) in [5, 5.41) is 7.19. The number of aromatic nitrogens is 7. The van der Waals surface area contributed by atoms with Crippen LogP contribution in [0.4, 0.5) is 0 Å². The average molecular weight is 718 g/mol. The van der Waals surface area contributed by atoms with E-state index in [1.165, 1.54) is 43.4 Å². The molecule has 7 nitrogen and oxygen atoms in total. The predicted molar refractivity (Wildman–Crippen MR) is 228 cm³/mol. The summed E-state index contributed by atoms with van der Waals surface area (Å²) in [5.41, 5.74) is 12.1. The second kappa shape index (κ2) is 11.9. The van der Waals surface area contributed by atoms with E-state index in [4.69, 9.17) is 0 Å². The van der Waals surface area contributed by atoms with Crippen LogP contribution in [0.25, 0.3) is 99.6 Å². The molecule has 0 aliphatic heterocycles. The quantitative estimate of drug-likeness (QED) is 0.178. The standard InChI is InChI=1S/C49H31N7/c1-3-11-35(12-4-1)53-25-23-32-19-21-43-45(47(32)53)39-15-7-9-17-41(39)55(43)37-27-34(49-51-30-50-31-52-49)28-38(29-37)56-42-18-10-8-16-40(42)46-44(56)22-20-33-24-26-54(48(33)46)36-13-5-2-6-14-36/h1-31H. The molecule has 0 atom stereocenters. The Balaban J connectivity index is 1.19. The molecule has 0 saturated heterocycles. The highest BCUT2D eigenvalue weighted by molar-refractivity contribution is 6.22. The van der Waals surface area contributed by atoms with Gasteiger partial charge in [-0.1, -0.05) is 84.9 Å². The molecule has 7 aromatic carbocycles. The fourth-order valence-corrected chi connectivity index (χ4v) is 8.90. The predicted octanol–water partition coefficient (Wildman–Crippen LogP) is 11.6. The topological polar surface area (TPSA) is 58.4 Å². The van der Waals surface area contributed by atoms with E-state index in [9.17, 15) is 0 Å². The first-order chi connectivity index (χ1) is 27.8. The molecule has 5 aromatic heterocycles. The number of fused-ring (bicyclic) bond motifs is 10. The molecule has 262 valence electrons. The number of hydrogen-bond acceptors (Lipinski definition) is 3. The first-order valence-electron chi connectivity index (χ1n) is 18.8. The Hall–Kier alpha value is -7.77. The Morgan fingerprint density at radius 1 is 0.375 bits per heavy atom. The van der Waals surface area contributed by atoms with Crippen LogP contribution in [-0.4, -0.2) is 33.2 Å². The molecule has 0 bridgehead atoms. The zero-order valence-corrected chi connectivity index (χ0v) is 30.0. The third kappa shape index (κ3) is 4.42. The summed E-state index contributed by atoms with van der Waals surface area (Å²) < 4.78 is 9.41. The van der Waals surface area contributed by atoms with Crippen LogP contribution >= 0.6 is 0 Å². The van der Waals surface area contributed by atoms with Gasteiger partial charge in [0.15, 0.2) is 5.82 Å². The van der Waals surface area contributed by atoms with Crippen molar-refractivity contribution in [2.45, 2.75) is 0 Å². The Labute approximate surface area is 320 Å². The highest BCUT2D eigenvalue weighted by Gasteiger charge is 2.22. The van der Waals surface area contributed by atoms with Crippen molar-refractivity contribution in [2.75, 3.05) is 0 Å². The Bertz CT molecular complexity index is 3250. The molecular weight excluding hydrogens is 687 g/mol. The van der Waals surface area contributed by atoms with Crippen LogP contribution in [0.3, 0.4) is 0 Å². The molecule has 0 aliphatic rings. The number of hydrogen-bond donors (Lipinski definition) is 0. The largest absolute Gasteiger partial charge is 0.316 e. The molecule has 12 aromatic rings. The zero-order valence-electron chi connectivity index (χ0n) is 30.0. The van der Waals surface area contributed by atoms with E-state index < -0.39 is 0 Å². The molecule has 12 rings (SSSR count). The smallest absolute Gasteiger partial charge is 0.162 e. The van der Waals surface area contributed by atoms with Crippen LogP contribution in [0, 0.1) is 0 Å². The number of nitrogens with zero attached hydrogens (tertiary/aromatic N) is 7. The second-order valence-corrected chi connectivity index (χ2v) is 14.2. The molecule has 0 aliphatic carbocycles. The zero-order chi connectivity index (χ0) is 36.7. The highest BCUT2D eigenvalue weighted by atomic mass is 15.0. The van der Waals surface area contributed by atoms with Crippen molar-refractivity contribution in [3.8, 4) is 34.1 Å². The van der Waals surface area contributed by atoms with E-state index in [-0.39, 0.29) is 0 Å². The minimum atomic E-state index is 0.616. The van der Waals surface area contributed by atoms with E-state index >= 15 is 0 Å². The normalized spacial score (nSPS) is 11.9. The molecule has 0 amide bonds. The highest BCUT2D eigenvalue weighted by Crippen LogP contribution is 2.42. The van der Waals surface area contributed by atoms with Crippen molar-refractivity contribution in [2.24, 2.45) is 0 Å². The van der Waals surface area contributed by atoms with Crippen LogP contribution in [0.15, 0.2) is 189 Å². The number of rotatable bonds is 5. The van der Waals surface area contributed by atoms with Crippen LogP contribution in [0.2, 0.25) is 0 Å². The van der Waals surface area contributed by atoms with Crippen LogP contribution in [-0.2, 0) is 0 Å². The van der Waals surface area contributed by atoms with E-state index in [0.29, 0.717) is 5.82 Å². The molecule has 0 saturated carbocycles. The molecule has 0 spiro atoms. The van der Waals surface area contributed by atoms with Gasteiger partial charge in [-0.3, -0.25) is 0 Å². The van der Waals surface area contributed by atoms with Gasteiger partial charge in [0.1, 0.15) is 12.7 Å². The van der Waals surface area contributed by atoms with Crippen molar-refractivity contribution < 1.29 is 0 Å². The molecule has 0 radical (unpaired) electrons. The van der Waals surface area contributed by atoms with Gasteiger partial charge < -0.3 is 18.3 Å². The third-order valence-corrected chi connectivity index (χ3v) is 11.2. The molecule has 7 heteroatoms. The van der Waals surface area contributed by atoms with Crippen molar-refractivity contribution in [1.29, 1.82) is 0 Å². The third-order valence-electron chi connectivity index (χ3n) is 11.2. The maximum atomic E-state index is 4.65. The summed E-state index contributed by atoms with van der Waals surface area (Å²) in [6.07, 6.45) is 7.49. The molecule has 5 heterocycles. The SMILES string of the molecule is c1ccc(-n2ccc3ccc4c(c5ccccc5n4-c4cc(-c5ncncn5)cc(-n5c6ccccc6c6c7c(ccc65)ccn7-c5ccccc5)c4)c32)cc1. The van der Waals surface area contributed by atoms with E-state index in [1.54, 1.807) is 12.7 Å². The summed E-state index contributed by atoms with van der Waals surface area (Å²) in [4.78, 5) is 13.5. The van der Waals surface area contributed by atoms with Gasteiger partial charge >= 0.3 is 0 Å². The fourth-order valence-electron chi connectivity index (χ4n) is 8.90. The van der Waals surface area contributed by atoms with Crippen molar-refractivity contribution in [1.82, 2.24) is 33.2 Å². The molecule has 56 heavy (non-hydrogen) atoms. The Morgan fingerprint density at radius 2 is 0.839 bits per heavy atom. The van der Waals surface area contributed by atoms with Gasteiger partial charge in [-0.2, -0.15) is 0 Å². The lowest BCUT2D eigenvalue weighted by Crippen LogP contribution is -2.01. The van der Waals surface area contributed by atoms with E-state index in [2.05, 4.69) is 209 Å². The molecule has 0 N–H and O–H groups in total.